The van der Waals surface area contributed by atoms with E-state index in [-0.39, 0.29) is 5.56 Å². The summed E-state index contributed by atoms with van der Waals surface area (Å²) in [7, 11) is 1.68. The molecule has 7 nitrogen and oxygen atoms in total. The van der Waals surface area contributed by atoms with E-state index in [1.165, 1.54) is 11.8 Å². The molecule has 3 aromatic heterocycles. The van der Waals surface area contributed by atoms with Gasteiger partial charge in [0.15, 0.2) is 11.0 Å². The number of halogens is 1. The summed E-state index contributed by atoms with van der Waals surface area (Å²) in [5, 5.41) is 10.2. The summed E-state index contributed by atoms with van der Waals surface area (Å²) in [4.78, 5) is 17.2. The summed E-state index contributed by atoms with van der Waals surface area (Å²) in [6.45, 7) is 3.27. The van der Waals surface area contributed by atoms with E-state index < -0.39 is 0 Å². The lowest BCUT2D eigenvalue weighted by atomic mass is 10.2. The molecule has 0 unspecified atom stereocenters. The predicted octanol–water partition coefficient (Wildman–Crippen LogP) is 4.24. The normalized spacial score (nSPS) is 11.3. The molecule has 0 bridgehead atoms. The first-order chi connectivity index (χ1) is 15.1. The highest BCUT2D eigenvalue weighted by atomic mass is 35.5. The number of benzene rings is 1. The van der Waals surface area contributed by atoms with Crippen LogP contribution in [-0.2, 0) is 17.0 Å². The Hall–Kier alpha value is -2.68. The minimum atomic E-state index is -0.0948. The Labute approximate surface area is 189 Å². The second-order valence-corrected chi connectivity index (χ2v) is 8.39. The lowest BCUT2D eigenvalue weighted by molar-refractivity contribution is 0.189. The molecule has 0 N–H and O–H groups in total. The number of pyridine rings is 1. The van der Waals surface area contributed by atoms with E-state index in [0.29, 0.717) is 41.1 Å². The van der Waals surface area contributed by atoms with E-state index in [4.69, 9.17) is 16.3 Å². The maximum Gasteiger partial charge on any atom is 0.258 e. The number of thioether (sulfide) groups is 1. The van der Waals surface area contributed by atoms with E-state index in [0.717, 1.165) is 22.7 Å². The van der Waals surface area contributed by atoms with Crippen molar-refractivity contribution in [3.63, 3.8) is 0 Å². The highest BCUT2D eigenvalue weighted by Crippen LogP contribution is 2.30. The molecule has 31 heavy (non-hydrogen) atoms. The van der Waals surface area contributed by atoms with Gasteiger partial charge < -0.3 is 9.30 Å². The number of rotatable bonds is 8. The number of fused-ring (bicyclic) bond motifs is 1. The predicted molar refractivity (Wildman–Crippen MR) is 123 cm³/mol. The summed E-state index contributed by atoms with van der Waals surface area (Å²) in [5.41, 5.74) is 3.07. The Bertz CT molecular complexity index is 1270. The van der Waals surface area contributed by atoms with Gasteiger partial charge in [0.2, 0.25) is 0 Å². The first-order valence-corrected chi connectivity index (χ1v) is 11.2. The average molecular weight is 456 g/mol. The molecule has 0 fully saturated rings. The number of methoxy groups -OCH3 is 1. The smallest absolute Gasteiger partial charge is 0.258 e. The molecular formula is C22H22ClN5O2S. The van der Waals surface area contributed by atoms with E-state index in [9.17, 15) is 4.79 Å². The SMILES string of the molecule is COCCCn1c(SCc2cc(=O)n3cccc(C)c3n2)nnc1-c1ccccc1Cl. The number of ether oxygens (including phenoxy) is 1. The quantitative estimate of drug-likeness (QED) is 0.292. The Morgan fingerprint density at radius 1 is 1.16 bits per heavy atom. The van der Waals surface area contributed by atoms with Crippen molar-refractivity contribution in [2.45, 2.75) is 30.8 Å². The highest BCUT2D eigenvalue weighted by Gasteiger charge is 2.17. The first-order valence-electron chi connectivity index (χ1n) is 9.86. The van der Waals surface area contributed by atoms with E-state index >= 15 is 0 Å². The van der Waals surface area contributed by atoms with Gasteiger partial charge in [0, 0.05) is 43.8 Å². The third kappa shape index (κ3) is 4.66. The largest absolute Gasteiger partial charge is 0.385 e. The number of hydrogen-bond acceptors (Lipinski definition) is 6. The van der Waals surface area contributed by atoms with Crippen LogP contribution in [0.3, 0.4) is 0 Å². The fourth-order valence-corrected chi connectivity index (χ4v) is 4.40. The van der Waals surface area contributed by atoms with Crippen LogP contribution < -0.4 is 5.56 Å². The molecule has 0 aliphatic rings. The Morgan fingerprint density at radius 3 is 2.81 bits per heavy atom. The van der Waals surface area contributed by atoms with Gasteiger partial charge in [-0.15, -0.1) is 10.2 Å². The van der Waals surface area contributed by atoms with Crippen LogP contribution in [0.2, 0.25) is 5.02 Å². The molecule has 0 radical (unpaired) electrons. The minimum absolute atomic E-state index is 0.0948. The van der Waals surface area contributed by atoms with Crippen LogP contribution in [-0.4, -0.2) is 37.9 Å². The van der Waals surface area contributed by atoms with E-state index in [1.54, 1.807) is 23.8 Å². The number of hydrogen-bond donors (Lipinski definition) is 0. The molecule has 160 valence electrons. The molecule has 3 heterocycles. The zero-order valence-electron chi connectivity index (χ0n) is 17.3. The number of nitrogens with zero attached hydrogens (tertiary/aromatic N) is 5. The number of aryl methyl sites for hydroxylation is 1. The van der Waals surface area contributed by atoms with E-state index in [2.05, 4.69) is 15.2 Å². The van der Waals surface area contributed by atoms with Crippen LogP contribution in [0.15, 0.2) is 58.6 Å². The van der Waals surface area contributed by atoms with Crippen molar-refractivity contribution < 1.29 is 4.74 Å². The third-order valence-corrected chi connectivity index (χ3v) is 6.18. The molecule has 0 saturated heterocycles. The molecule has 0 aliphatic heterocycles. The van der Waals surface area contributed by atoms with Crippen molar-refractivity contribution in [3.05, 3.63) is 75.3 Å². The molecule has 0 atom stereocenters. The molecule has 4 rings (SSSR count). The van der Waals surface area contributed by atoms with Crippen molar-refractivity contribution in [3.8, 4) is 11.4 Å². The van der Waals surface area contributed by atoms with Gasteiger partial charge in [-0.05, 0) is 37.1 Å². The van der Waals surface area contributed by atoms with E-state index in [1.807, 2.05) is 47.9 Å². The molecule has 0 spiro atoms. The van der Waals surface area contributed by atoms with Gasteiger partial charge in [-0.25, -0.2) is 4.98 Å². The number of aromatic nitrogens is 5. The second-order valence-electron chi connectivity index (χ2n) is 7.04. The maximum absolute atomic E-state index is 12.5. The van der Waals surface area contributed by atoms with Crippen LogP contribution in [0.25, 0.3) is 17.0 Å². The minimum Gasteiger partial charge on any atom is -0.385 e. The summed E-state index contributed by atoms with van der Waals surface area (Å²) >= 11 is 7.90. The van der Waals surface area contributed by atoms with Crippen LogP contribution in [0, 0.1) is 6.92 Å². The van der Waals surface area contributed by atoms with Crippen LogP contribution >= 0.6 is 23.4 Å². The summed E-state index contributed by atoms with van der Waals surface area (Å²) in [5.74, 6) is 1.22. The van der Waals surface area contributed by atoms with Gasteiger partial charge in [-0.2, -0.15) is 0 Å². The maximum atomic E-state index is 12.5. The first kappa shape index (κ1) is 21.5. The zero-order valence-corrected chi connectivity index (χ0v) is 18.9. The Kier molecular flexibility index (Phi) is 6.70. The van der Waals surface area contributed by atoms with Crippen molar-refractivity contribution >= 4 is 29.0 Å². The lowest BCUT2D eigenvalue weighted by Crippen LogP contribution is -2.15. The zero-order chi connectivity index (χ0) is 21.8. The summed E-state index contributed by atoms with van der Waals surface area (Å²) in [6.07, 6.45) is 2.55. The highest BCUT2D eigenvalue weighted by molar-refractivity contribution is 7.98. The Balaban J connectivity index is 1.64. The molecule has 0 aliphatic carbocycles. The monoisotopic (exact) mass is 455 g/mol. The van der Waals surface area contributed by atoms with Crippen molar-refractivity contribution in [2.24, 2.45) is 0 Å². The van der Waals surface area contributed by atoms with Crippen molar-refractivity contribution in [1.29, 1.82) is 0 Å². The van der Waals surface area contributed by atoms with Crippen LogP contribution in [0.1, 0.15) is 17.7 Å². The summed E-state index contributed by atoms with van der Waals surface area (Å²) in [6, 6.07) is 12.9. The average Bonchev–Trinajstić information content (AvgIpc) is 3.16. The second kappa shape index (κ2) is 9.64. The molecule has 0 amide bonds. The standard InChI is InChI=1S/C22H22ClN5O2S/c1-15-7-5-10-27-19(29)13-16(24-20(15)27)14-31-22-26-25-21(28(22)11-6-12-30-2)17-8-3-4-9-18(17)23/h3-5,7-10,13H,6,11-12,14H2,1-2H3. The topological polar surface area (TPSA) is 74.3 Å². The lowest BCUT2D eigenvalue weighted by Gasteiger charge is -2.11. The molecule has 4 aromatic rings. The molecular weight excluding hydrogens is 434 g/mol. The van der Waals surface area contributed by atoms with Gasteiger partial charge in [0.1, 0.15) is 5.65 Å². The van der Waals surface area contributed by atoms with Crippen LogP contribution in [0.4, 0.5) is 0 Å². The third-order valence-electron chi connectivity index (χ3n) is 4.85. The fraction of sp³-hybridized carbons (Fsp3) is 0.273. The fourth-order valence-electron chi connectivity index (χ4n) is 3.33. The van der Waals surface area contributed by atoms with Crippen molar-refractivity contribution in [2.75, 3.05) is 13.7 Å². The summed E-state index contributed by atoms with van der Waals surface area (Å²) < 4.78 is 8.82. The van der Waals surface area contributed by atoms with Gasteiger partial charge in [-0.1, -0.05) is 41.6 Å². The van der Waals surface area contributed by atoms with Gasteiger partial charge in [0.05, 0.1) is 10.7 Å². The molecule has 0 saturated carbocycles. The van der Waals surface area contributed by atoms with Gasteiger partial charge >= 0.3 is 0 Å². The molecule has 1 aromatic carbocycles. The van der Waals surface area contributed by atoms with Gasteiger partial charge in [0.25, 0.3) is 5.56 Å². The Morgan fingerprint density at radius 2 is 2.00 bits per heavy atom. The van der Waals surface area contributed by atoms with Crippen molar-refractivity contribution in [1.82, 2.24) is 24.1 Å². The molecule has 9 heteroatoms. The van der Waals surface area contributed by atoms with Crippen LogP contribution in [0.5, 0.6) is 0 Å². The van der Waals surface area contributed by atoms with Gasteiger partial charge in [-0.3, -0.25) is 9.20 Å².